The fourth-order valence-corrected chi connectivity index (χ4v) is 11.4. The van der Waals surface area contributed by atoms with Crippen LogP contribution in [-0.4, -0.2) is 96.7 Å². The number of esters is 4. The van der Waals surface area contributed by atoms with E-state index in [0.29, 0.717) is 25.7 Å². The summed E-state index contributed by atoms with van der Waals surface area (Å²) >= 11 is 0. The first-order valence-corrected chi connectivity index (χ1v) is 37.5. The minimum Gasteiger partial charge on any atom is -0.462 e. The van der Waals surface area contributed by atoms with Gasteiger partial charge in [-0.1, -0.05) is 279 Å². The summed E-state index contributed by atoms with van der Waals surface area (Å²) in [5, 5.41) is 10.5. The number of aliphatic hydroxyl groups excluding tert-OH is 1. The summed E-state index contributed by atoms with van der Waals surface area (Å²) in [4.78, 5) is 72.3. The van der Waals surface area contributed by atoms with Gasteiger partial charge in [0.25, 0.3) is 0 Å². The van der Waals surface area contributed by atoms with Crippen molar-refractivity contribution in [2.24, 2.45) is 11.8 Å². The molecule has 19 heteroatoms. The van der Waals surface area contributed by atoms with E-state index in [1.54, 1.807) is 0 Å². The van der Waals surface area contributed by atoms with Crippen molar-refractivity contribution in [1.29, 1.82) is 0 Å². The predicted molar refractivity (Wildman–Crippen MR) is 340 cm³/mol. The summed E-state index contributed by atoms with van der Waals surface area (Å²) in [6, 6.07) is 0. The Hall–Kier alpha value is -1.94. The highest BCUT2D eigenvalue weighted by molar-refractivity contribution is 7.47. The highest BCUT2D eigenvalue weighted by Gasteiger charge is 2.30. The lowest BCUT2D eigenvalue weighted by molar-refractivity contribution is -0.161. The molecule has 0 aliphatic rings. The Morgan fingerprint density at radius 3 is 0.894 bits per heavy atom. The van der Waals surface area contributed by atoms with Crippen LogP contribution in [0, 0.1) is 11.8 Å². The topological polar surface area (TPSA) is 237 Å². The van der Waals surface area contributed by atoms with E-state index in [-0.39, 0.29) is 25.7 Å². The molecule has 0 amide bonds. The third-order valence-electron chi connectivity index (χ3n) is 15.6. The highest BCUT2D eigenvalue weighted by atomic mass is 31.2. The maximum absolute atomic E-state index is 13.0. The standard InChI is InChI=1S/C66H128O17P2/c1-7-10-12-14-16-18-20-24-32-38-44-50-65(70)82-61(54-76-63(68)48-42-36-30-17-15-13-11-8-2)56-80-84(72,73)78-52-60(67)53-79-85(74,75)81-57-62(55-77-64(69)49-43-37-31-27-26-29-35-41-47-59(6)9-3)83-66(71)51-45-39-33-25-22-19-21-23-28-34-40-46-58(4)5/h58-62,67H,7-57H2,1-6H3,(H,72,73)(H,74,75)/t59?,60-,61+,62+/m0/s1. The summed E-state index contributed by atoms with van der Waals surface area (Å²) < 4.78 is 68.1. The Morgan fingerprint density at radius 1 is 0.341 bits per heavy atom. The number of carbonyl (C=O) groups is 4. The van der Waals surface area contributed by atoms with Gasteiger partial charge in [-0.2, -0.15) is 0 Å². The van der Waals surface area contributed by atoms with Gasteiger partial charge in [-0.05, 0) is 37.5 Å². The highest BCUT2D eigenvalue weighted by Crippen LogP contribution is 2.45. The van der Waals surface area contributed by atoms with Crippen LogP contribution >= 0.6 is 15.6 Å². The molecule has 0 aromatic rings. The molecule has 0 aromatic heterocycles. The first-order chi connectivity index (χ1) is 40.9. The summed E-state index contributed by atoms with van der Waals surface area (Å²) in [7, 11) is -9.89. The molecule has 3 unspecified atom stereocenters. The van der Waals surface area contributed by atoms with Gasteiger partial charge in [0.1, 0.15) is 19.3 Å². The van der Waals surface area contributed by atoms with Crippen LogP contribution in [0.2, 0.25) is 0 Å². The number of phosphoric ester groups is 2. The van der Waals surface area contributed by atoms with E-state index in [0.717, 1.165) is 108 Å². The number of unbranched alkanes of at least 4 members (excludes halogenated alkanes) is 34. The lowest BCUT2D eigenvalue weighted by Gasteiger charge is -2.21. The minimum absolute atomic E-state index is 0.106. The first-order valence-electron chi connectivity index (χ1n) is 34.5. The van der Waals surface area contributed by atoms with Crippen molar-refractivity contribution in [3.8, 4) is 0 Å². The Labute approximate surface area is 517 Å². The summed E-state index contributed by atoms with van der Waals surface area (Å²) in [6.07, 6.45) is 41.6. The Kier molecular flexibility index (Phi) is 57.1. The van der Waals surface area contributed by atoms with E-state index in [4.69, 9.17) is 37.0 Å². The molecule has 0 radical (unpaired) electrons. The molecular formula is C66H128O17P2. The van der Waals surface area contributed by atoms with E-state index in [1.807, 2.05) is 0 Å². The molecule has 6 atom stereocenters. The fraction of sp³-hybridized carbons (Fsp3) is 0.939. The Bertz CT molecular complexity index is 1670. The molecule has 504 valence electrons. The van der Waals surface area contributed by atoms with Gasteiger partial charge in [-0.15, -0.1) is 0 Å². The number of ether oxygens (including phenoxy) is 4. The second-order valence-electron chi connectivity index (χ2n) is 24.6. The van der Waals surface area contributed by atoms with Crippen LogP contribution in [-0.2, 0) is 65.4 Å². The molecule has 85 heavy (non-hydrogen) atoms. The molecule has 0 rings (SSSR count). The second kappa shape index (κ2) is 58.4. The Morgan fingerprint density at radius 2 is 0.600 bits per heavy atom. The number of carbonyl (C=O) groups excluding carboxylic acids is 4. The van der Waals surface area contributed by atoms with Gasteiger partial charge in [-0.25, -0.2) is 9.13 Å². The van der Waals surface area contributed by atoms with E-state index in [2.05, 4.69) is 41.5 Å². The molecule has 0 aromatic carbocycles. The van der Waals surface area contributed by atoms with Crippen molar-refractivity contribution < 1.29 is 80.2 Å². The van der Waals surface area contributed by atoms with Gasteiger partial charge >= 0.3 is 39.5 Å². The number of hydrogen-bond acceptors (Lipinski definition) is 15. The van der Waals surface area contributed by atoms with Gasteiger partial charge in [0.2, 0.25) is 0 Å². The van der Waals surface area contributed by atoms with Crippen LogP contribution in [0.15, 0.2) is 0 Å². The molecule has 0 saturated heterocycles. The van der Waals surface area contributed by atoms with E-state index in [9.17, 15) is 43.2 Å². The summed E-state index contributed by atoms with van der Waals surface area (Å²) in [5.74, 6) is -0.589. The molecule has 0 fully saturated rings. The van der Waals surface area contributed by atoms with Crippen molar-refractivity contribution in [3.05, 3.63) is 0 Å². The number of phosphoric acid groups is 2. The molecule has 0 heterocycles. The molecule has 0 aliphatic carbocycles. The lowest BCUT2D eigenvalue weighted by atomic mass is 9.99. The van der Waals surface area contributed by atoms with Crippen LogP contribution in [0.3, 0.4) is 0 Å². The van der Waals surface area contributed by atoms with Crippen LogP contribution in [0.25, 0.3) is 0 Å². The van der Waals surface area contributed by atoms with Crippen molar-refractivity contribution in [2.75, 3.05) is 39.6 Å². The van der Waals surface area contributed by atoms with Crippen molar-refractivity contribution in [2.45, 2.75) is 349 Å². The van der Waals surface area contributed by atoms with Gasteiger partial charge in [-0.3, -0.25) is 37.3 Å². The Balaban J connectivity index is 5.24. The number of rotatable bonds is 65. The van der Waals surface area contributed by atoms with Crippen LogP contribution in [0.1, 0.15) is 330 Å². The normalized spacial score (nSPS) is 14.6. The van der Waals surface area contributed by atoms with Crippen molar-refractivity contribution in [3.63, 3.8) is 0 Å². The third-order valence-corrected chi connectivity index (χ3v) is 17.5. The molecular weight excluding hydrogens is 1130 g/mol. The van der Waals surface area contributed by atoms with Gasteiger partial charge < -0.3 is 33.8 Å². The number of aliphatic hydroxyl groups is 1. The monoisotopic (exact) mass is 1250 g/mol. The SMILES string of the molecule is CCCCCCCCCCCCCC(=O)O[C@H](COC(=O)CCCCCCCCCC)COP(=O)(O)OC[C@H](O)COP(=O)(O)OC[C@@H](COC(=O)CCCCCCCCCCC(C)CC)OC(=O)CCCCCCCCCCCCCC(C)C. The quantitative estimate of drug-likeness (QED) is 0.0222. The first kappa shape index (κ1) is 83.1. The average Bonchev–Trinajstić information content (AvgIpc) is 3.57. The molecule has 3 N–H and O–H groups in total. The maximum Gasteiger partial charge on any atom is 0.472 e. The lowest BCUT2D eigenvalue weighted by Crippen LogP contribution is -2.30. The van der Waals surface area contributed by atoms with E-state index >= 15 is 0 Å². The third kappa shape index (κ3) is 59.5. The smallest absolute Gasteiger partial charge is 0.462 e. The molecule has 0 bridgehead atoms. The second-order valence-corrected chi connectivity index (χ2v) is 27.5. The van der Waals surface area contributed by atoms with Crippen molar-refractivity contribution >= 4 is 39.5 Å². The van der Waals surface area contributed by atoms with E-state index in [1.165, 1.54) is 141 Å². The molecule has 0 spiro atoms. The molecule has 0 aliphatic heterocycles. The van der Waals surface area contributed by atoms with Crippen molar-refractivity contribution in [1.82, 2.24) is 0 Å². The summed E-state index contributed by atoms with van der Waals surface area (Å²) in [6.45, 7) is 9.49. The molecule has 0 saturated carbocycles. The van der Waals surface area contributed by atoms with Gasteiger partial charge in [0, 0.05) is 25.7 Å². The predicted octanol–water partition coefficient (Wildman–Crippen LogP) is 18.4. The zero-order chi connectivity index (χ0) is 62.9. The average molecular weight is 1260 g/mol. The van der Waals surface area contributed by atoms with Gasteiger partial charge in [0.05, 0.1) is 26.4 Å². The zero-order valence-electron chi connectivity index (χ0n) is 54.9. The minimum atomic E-state index is -4.95. The zero-order valence-corrected chi connectivity index (χ0v) is 56.7. The summed E-state index contributed by atoms with van der Waals surface area (Å²) in [5.41, 5.74) is 0. The number of hydrogen-bond donors (Lipinski definition) is 3. The molecule has 17 nitrogen and oxygen atoms in total. The largest absolute Gasteiger partial charge is 0.472 e. The fourth-order valence-electron chi connectivity index (χ4n) is 9.85. The van der Waals surface area contributed by atoms with Crippen LogP contribution in [0.4, 0.5) is 0 Å². The van der Waals surface area contributed by atoms with Crippen LogP contribution in [0.5, 0.6) is 0 Å². The maximum atomic E-state index is 13.0. The van der Waals surface area contributed by atoms with E-state index < -0.39 is 97.5 Å². The van der Waals surface area contributed by atoms with Gasteiger partial charge in [0.15, 0.2) is 12.2 Å². The van der Waals surface area contributed by atoms with Crippen LogP contribution < -0.4 is 0 Å².